The van der Waals surface area contributed by atoms with Crippen LogP contribution in [-0.4, -0.2) is 15.2 Å². The maximum absolute atomic E-state index is 11.1. The lowest BCUT2D eigenvalue weighted by Gasteiger charge is -2.04. The molecule has 0 amide bonds. The van der Waals surface area contributed by atoms with Crippen molar-refractivity contribution in [2.24, 2.45) is 0 Å². The van der Waals surface area contributed by atoms with E-state index in [9.17, 15) is 4.79 Å². The normalized spacial score (nSPS) is 12.1. The van der Waals surface area contributed by atoms with Gasteiger partial charge in [0.2, 0.25) is 0 Å². The summed E-state index contributed by atoms with van der Waals surface area (Å²) in [6, 6.07) is 3.57. The van der Waals surface area contributed by atoms with Crippen LogP contribution in [0.3, 0.4) is 0 Å². The van der Waals surface area contributed by atoms with Gasteiger partial charge in [-0.3, -0.25) is 4.79 Å². The minimum atomic E-state index is -0.173. The van der Waals surface area contributed by atoms with Crippen LogP contribution >= 0.6 is 11.8 Å². The average Bonchev–Trinajstić information content (AvgIpc) is 2.12. The predicted molar refractivity (Wildman–Crippen MR) is 55.1 cm³/mol. The fourth-order valence-corrected chi connectivity index (χ4v) is 1.79. The zero-order valence-electron chi connectivity index (χ0n) is 8.07. The zero-order chi connectivity index (χ0) is 10.6. The molecule has 0 aromatic carbocycles. The molecule has 5 heteroatoms. The van der Waals surface area contributed by atoms with Gasteiger partial charge in [-0.1, -0.05) is 18.7 Å². The Balaban J connectivity index is 2.87. The van der Waals surface area contributed by atoms with E-state index in [0.29, 0.717) is 10.9 Å². The maximum atomic E-state index is 11.1. The van der Waals surface area contributed by atoms with Crippen LogP contribution in [-0.2, 0) is 0 Å². The number of thioether (sulfide) groups is 1. The number of hydrogen-bond acceptors (Lipinski definition) is 4. The minimum absolute atomic E-state index is 0.153. The van der Waals surface area contributed by atoms with Crippen LogP contribution in [0.15, 0.2) is 16.0 Å². The summed E-state index contributed by atoms with van der Waals surface area (Å²) in [5.74, 6) is 0. The molecular weight excluding hydrogens is 198 g/mol. The van der Waals surface area contributed by atoms with Crippen molar-refractivity contribution < 1.29 is 0 Å². The Morgan fingerprint density at radius 3 is 3.00 bits per heavy atom. The molecule has 0 aliphatic rings. The van der Waals surface area contributed by atoms with E-state index in [4.69, 9.17) is 5.26 Å². The first kappa shape index (κ1) is 10.8. The van der Waals surface area contributed by atoms with Crippen molar-refractivity contribution in [2.45, 2.75) is 30.7 Å². The number of aromatic amines is 1. The number of H-pyrrole nitrogens is 1. The van der Waals surface area contributed by atoms with Gasteiger partial charge in [-0.15, -0.1) is 0 Å². The van der Waals surface area contributed by atoms with Crippen LogP contribution in [0.5, 0.6) is 0 Å². The summed E-state index contributed by atoms with van der Waals surface area (Å²) in [5, 5.41) is 9.10. The van der Waals surface area contributed by atoms with Crippen LogP contribution in [0.2, 0.25) is 0 Å². The Hall–Kier alpha value is -1.28. The fraction of sp³-hybridized carbons (Fsp3) is 0.444. The Bertz CT molecular complexity index is 407. The van der Waals surface area contributed by atoms with Crippen LogP contribution in [0.4, 0.5) is 0 Å². The highest BCUT2D eigenvalue weighted by molar-refractivity contribution is 8.00. The number of hydrogen-bond donors (Lipinski definition) is 1. The van der Waals surface area contributed by atoms with E-state index in [2.05, 4.69) is 16.0 Å². The van der Waals surface area contributed by atoms with Gasteiger partial charge in [0.15, 0.2) is 5.16 Å². The van der Waals surface area contributed by atoms with Crippen LogP contribution in [0.1, 0.15) is 19.0 Å². The smallest absolute Gasteiger partial charge is 0.251 e. The van der Waals surface area contributed by atoms with Gasteiger partial charge in [0.1, 0.15) is 0 Å². The first-order valence-corrected chi connectivity index (χ1v) is 5.18. The van der Waals surface area contributed by atoms with Crippen LogP contribution in [0, 0.1) is 18.3 Å². The molecule has 0 spiro atoms. The van der Waals surface area contributed by atoms with Crippen molar-refractivity contribution >= 4 is 11.8 Å². The number of nitriles is 1. The van der Waals surface area contributed by atoms with Crippen molar-refractivity contribution in [3.05, 3.63) is 22.1 Å². The van der Waals surface area contributed by atoms with Crippen LogP contribution in [0.25, 0.3) is 0 Å². The molecular formula is C9H11N3OS. The third-order valence-corrected chi connectivity index (χ3v) is 2.76. The second kappa shape index (κ2) is 4.82. The molecule has 0 saturated carbocycles. The number of aryl methyl sites for hydroxylation is 1. The molecule has 14 heavy (non-hydrogen) atoms. The van der Waals surface area contributed by atoms with Crippen LogP contribution < -0.4 is 5.56 Å². The molecule has 0 bridgehead atoms. The van der Waals surface area contributed by atoms with E-state index in [1.807, 2.05) is 6.92 Å². The summed E-state index contributed by atoms with van der Waals surface area (Å²) in [4.78, 5) is 17.8. The van der Waals surface area contributed by atoms with E-state index in [0.717, 1.165) is 6.42 Å². The van der Waals surface area contributed by atoms with Crippen molar-refractivity contribution in [2.75, 3.05) is 0 Å². The highest BCUT2D eigenvalue weighted by atomic mass is 32.2. The second-order valence-corrected chi connectivity index (χ2v) is 4.03. The zero-order valence-corrected chi connectivity index (χ0v) is 8.89. The third-order valence-electron chi connectivity index (χ3n) is 1.62. The average molecular weight is 209 g/mol. The monoisotopic (exact) mass is 209 g/mol. The quantitative estimate of drug-likeness (QED) is 0.604. The van der Waals surface area contributed by atoms with E-state index < -0.39 is 0 Å². The van der Waals surface area contributed by atoms with Gasteiger partial charge in [0.05, 0.1) is 11.3 Å². The van der Waals surface area contributed by atoms with Crippen molar-refractivity contribution in [3.63, 3.8) is 0 Å². The molecule has 1 aromatic heterocycles. The number of rotatable bonds is 3. The third kappa shape index (κ3) is 2.89. The lowest BCUT2D eigenvalue weighted by atomic mass is 10.4. The first-order chi connectivity index (χ1) is 6.65. The summed E-state index contributed by atoms with van der Waals surface area (Å²) in [6.07, 6.45) is 0.735. The molecule has 0 aliphatic carbocycles. The molecule has 0 radical (unpaired) electrons. The largest absolute Gasteiger partial charge is 0.301 e. The molecule has 1 atom stereocenters. The van der Waals surface area contributed by atoms with E-state index in [-0.39, 0.29) is 10.8 Å². The van der Waals surface area contributed by atoms with Gasteiger partial charge >= 0.3 is 0 Å². The Morgan fingerprint density at radius 2 is 2.50 bits per heavy atom. The van der Waals surface area contributed by atoms with Crippen molar-refractivity contribution in [3.8, 4) is 6.07 Å². The van der Waals surface area contributed by atoms with E-state index in [1.54, 1.807) is 6.92 Å². The number of nitrogens with one attached hydrogen (secondary N) is 1. The summed E-state index contributed by atoms with van der Waals surface area (Å²) in [5.41, 5.74) is 0.497. The van der Waals surface area contributed by atoms with Gasteiger partial charge in [-0.05, 0) is 13.3 Å². The standard InChI is InChI=1S/C9H11N3OS/c1-3-7(5-10)14-9-11-6(2)4-8(13)12-9/h4,7H,3H2,1-2H3,(H,11,12,13). The summed E-state index contributed by atoms with van der Waals surface area (Å²) >= 11 is 1.29. The maximum Gasteiger partial charge on any atom is 0.251 e. The molecule has 0 aliphatic heterocycles. The van der Waals surface area contributed by atoms with Gasteiger partial charge < -0.3 is 4.98 Å². The topological polar surface area (TPSA) is 69.5 Å². The molecule has 4 nitrogen and oxygen atoms in total. The minimum Gasteiger partial charge on any atom is -0.301 e. The lowest BCUT2D eigenvalue weighted by molar-refractivity contribution is 0.891. The van der Waals surface area contributed by atoms with Crippen molar-refractivity contribution in [1.82, 2.24) is 9.97 Å². The SMILES string of the molecule is CCC(C#N)Sc1nc(C)cc(=O)[nH]1. The van der Waals surface area contributed by atoms with E-state index in [1.165, 1.54) is 17.8 Å². The molecule has 1 aromatic rings. The predicted octanol–water partition coefficient (Wildman–Crippen LogP) is 1.47. The number of aromatic nitrogens is 2. The highest BCUT2D eigenvalue weighted by Crippen LogP contribution is 2.20. The lowest BCUT2D eigenvalue weighted by Crippen LogP contribution is -2.09. The van der Waals surface area contributed by atoms with E-state index >= 15 is 0 Å². The van der Waals surface area contributed by atoms with Crippen molar-refractivity contribution in [1.29, 1.82) is 5.26 Å². The highest BCUT2D eigenvalue weighted by Gasteiger charge is 2.08. The summed E-state index contributed by atoms with van der Waals surface area (Å²) < 4.78 is 0. The van der Waals surface area contributed by atoms with Gasteiger partial charge in [0.25, 0.3) is 5.56 Å². The molecule has 1 N–H and O–H groups in total. The molecule has 74 valence electrons. The molecule has 1 heterocycles. The van der Waals surface area contributed by atoms with Gasteiger partial charge in [-0.25, -0.2) is 4.98 Å². The Morgan fingerprint density at radius 1 is 1.79 bits per heavy atom. The molecule has 1 rings (SSSR count). The van der Waals surface area contributed by atoms with Gasteiger partial charge in [-0.2, -0.15) is 5.26 Å². The first-order valence-electron chi connectivity index (χ1n) is 4.30. The van der Waals surface area contributed by atoms with Gasteiger partial charge in [0, 0.05) is 11.8 Å². The molecule has 1 unspecified atom stereocenters. The Labute approximate surface area is 86.4 Å². The number of nitrogens with zero attached hydrogens (tertiary/aromatic N) is 2. The second-order valence-electron chi connectivity index (χ2n) is 2.84. The molecule has 0 fully saturated rings. The summed E-state index contributed by atoms with van der Waals surface area (Å²) in [6.45, 7) is 3.68. The Kier molecular flexibility index (Phi) is 3.72. The molecule has 0 saturated heterocycles. The fourth-order valence-electron chi connectivity index (χ4n) is 0.943. The summed E-state index contributed by atoms with van der Waals surface area (Å²) in [7, 11) is 0.